The fraction of sp³-hybridized carbons (Fsp3) is 0.667. The number of nitrogens with one attached hydrogen (secondary N) is 1. The van der Waals surface area contributed by atoms with Gasteiger partial charge in [0.1, 0.15) is 0 Å². The van der Waals surface area contributed by atoms with Gasteiger partial charge in [0.15, 0.2) is 0 Å². The van der Waals surface area contributed by atoms with Crippen molar-refractivity contribution in [3.63, 3.8) is 0 Å². The molecule has 1 nitrogen and oxygen atoms in total. The monoisotopic (exact) mass is 259 g/mol. The molecule has 19 heavy (non-hydrogen) atoms. The van der Waals surface area contributed by atoms with Gasteiger partial charge >= 0.3 is 0 Å². The zero-order valence-corrected chi connectivity index (χ0v) is 13.2. The highest BCUT2D eigenvalue weighted by Gasteiger charge is 2.26. The minimum absolute atomic E-state index is 0.458. The van der Waals surface area contributed by atoms with Crippen LogP contribution < -0.4 is 5.32 Å². The van der Waals surface area contributed by atoms with E-state index in [2.05, 4.69) is 58.1 Å². The van der Waals surface area contributed by atoms with E-state index in [0.29, 0.717) is 12.1 Å². The van der Waals surface area contributed by atoms with Crippen LogP contribution in [0.15, 0.2) is 18.2 Å². The fourth-order valence-electron chi connectivity index (χ4n) is 3.59. The zero-order valence-electron chi connectivity index (χ0n) is 13.2. The molecule has 1 fully saturated rings. The highest BCUT2D eigenvalue weighted by atomic mass is 15.0. The molecule has 1 N–H and O–H groups in total. The summed E-state index contributed by atoms with van der Waals surface area (Å²) in [6, 6.07) is 8.04. The van der Waals surface area contributed by atoms with Gasteiger partial charge in [0.2, 0.25) is 0 Å². The van der Waals surface area contributed by atoms with Gasteiger partial charge in [-0.15, -0.1) is 0 Å². The zero-order chi connectivity index (χ0) is 14.0. The number of rotatable bonds is 3. The number of benzene rings is 1. The highest BCUT2D eigenvalue weighted by molar-refractivity contribution is 5.30. The van der Waals surface area contributed by atoms with E-state index in [4.69, 9.17) is 0 Å². The molecule has 106 valence electrons. The predicted octanol–water partition coefficient (Wildman–Crippen LogP) is 4.78. The lowest BCUT2D eigenvalue weighted by Gasteiger charge is -2.35. The molecule has 0 saturated heterocycles. The van der Waals surface area contributed by atoms with E-state index in [9.17, 15) is 0 Å². The van der Waals surface area contributed by atoms with Gasteiger partial charge in [-0.3, -0.25) is 0 Å². The normalized spacial score (nSPS) is 29.2. The molecule has 0 bridgehead atoms. The van der Waals surface area contributed by atoms with Crippen LogP contribution in [0.25, 0.3) is 0 Å². The van der Waals surface area contributed by atoms with E-state index in [1.165, 1.54) is 36.0 Å². The minimum Gasteiger partial charge on any atom is -0.307 e. The van der Waals surface area contributed by atoms with Crippen LogP contribution in [0, 0.1) is 25.7 Å². The number of hydrogen-bond acceptors (Lipinski definition) is 1. The second kappa shape index (κ2) is 6.09. The SMILES string of the molecule is Cc1cc(C)cc(C(C)NC2CCC(C)CC2C)c1. The summed E-state index contributed by atoms with van der Waals surface area (Å²) in [4.78, 5) is 0. The Morgan fingerprint density at radius 3 is 2.26 bits per heavy atom. The van der Waals surface area contributed by atoms with Gasteiger partial charge < -0.3 is 5.32 Å². The second-order valence-electron chi connectivity index (χ2n) is 6.81. The molecule has 0 radical (unpaired) electrons. The third-order valence-corrected chi connectivity index (χ3v) is 4.64. The molecule has 0 heterocycles. The Morgan fingerprint density at radius 1 is 1.05 bits per heavy atom. The Bertz CT molecular complexity index is 403. The molecule has 1 aliphatic rings. The molecular weight excluding hydrogens is 230 g/mol. The molecule has 4 unspecified atom stereocenters. The lowest BCUT2D eigenvalue weighted by Crippen LogP contribution is -2.40. The van der Waals surface area contributed by atoms with Crippen molar-refractivity contribution in [3.05, 3.63) is 34.9 Å². The maximum atomic E-state index is 3.86. The lowest BCUT2D eigenvalue weighted by molar-refractivity contribution is 0.216. The van der Waals surface area contributed by atoms with E-state index in [1.54, 1.807) is 0 Å². The first-order valence-corrected chi connectivity index (χ1v) is 7.80. The molecule has 4 atom stereocenters. The average molecular weight is 259 g/mol. The quantitative estimate of drug-likeness (QED) is 0.824. The minimum atomic E-state index is 0.458. The van der Waals surface area contributed by atoms with Gasteiger partial charge in [-0.2, -0.15) is 0 Å². The van der Waals surface area contributed by atoms with Gasteiger partial charge in [-0.25, -0.2) is 0 Å². The maximum Gasteiger partial charge on any atom is 0.0294 e. The molecule has 1 aliphatic carbocycles. The van der Waals surface area contributed by atoms with Crippen LogP contribution in [-0.4, -0.2) is 6.04 Å². The number of aryl methyl sites for hydroxylation is 2. The molecule has 1 aromatic carbocycles. The van der Waals surface area contributed by atoms with Crippen molar-refractivity contribution in [1.29, 1.82) is 0 Å². The molecule has 1 saturated carbocycles. The topological polar surface area (TPSA) is 12.0 Å². The van der Waals surface area contributed by atoms with E-state index < -0.39 is 0 Å². The Labute approximate surface area is 118 Å². The van der Waals surface area contributed by atoms with Crippen LogP contribution >= 0.6 is 0 Å². The molecule has 0 aromatic heterocycles. The van der Waals surface area contributed by atoms with Crippen molar-refractivity contribution in [2.75, 3.05) is 0 Å². The van der Waals surface area contributed by atoms with Crippen LogP contribution in [0.4, 0.5) is 0 Å². The molecule has 0 spiro atoms. The van der Waals surface area contributed by atoms with Crippen LogP contribution in [0.2, 0.25) is 0 Å². The maximum absolute atomic E-state index is 3.86. The van der Waals surface area contributed by atoms with Crippen molar-refractivity contribution >= 4 is 0 Å². The van der Waals surface area contributed by atoms with E-state index in [0.717, 1.165) is 11.8 Å². The average Bonchev–Trinajstić information content (AvgIpc) is 2.31. The Morgan fingerprint density at radius 2 is 1.68 bits per heavy atom. The first kappa shape index (κ1) is 14.6. The second-order valence-corrected chi connectivity index (χ2v) is 6.81. The summed E-state index contributed by atoms with van der Waals surface area (Å²) < 4.78 is 0. The van der Waals surface area contributed by atoms with Gasteiger partial charge in [0.25, 0.3) is 0 Å². The summed E-state index contributed by atoms with van der Waals surface area (Å²) >= 11 is 0. The van der Waals surface area contributed by atoms with Crippen LogP contribution in [0.3, 0.4) is 0 Å². The fourth-order valence-corrected chi connectivity index (χ4v) is 3.59. The Balaban J connectivity index is 2.02. The molecule has 0 aliphatic heterocycles. The summed E-state index contributed by atoms with van der Waals surface area (Å²) in [5.74, 6) is 1.71. The predicted molar refractivity (Wildman–Crippen MR) is 83.4 cm³/mol. The molecule has 1 aromatic rings. The summed E-state index contributed by atoms with van der Waals surface area (Å²) in [7, 11) is 0. The van der Waals surface area contributed by atoms with Crippen molar-refractivity contribution < 1.29 is 0 Å². The van der Waals surface area contributed by atoms with Crippen molar-refractivity contribution in [2.24, 2.45) is 11.8 Å². The third-order valence-electron chi connectivity index (χ3n) is 4.64. The third kappa shape index (κ3) is 3.82. The van der Waals surface area contributed by atoms with E-state index >= 15 is 0 Å². The largest absolute Gasteiger partial charge is 0.307 e. The number of hydrogen-bond donors (Lipinski definition) is 1. The summed E-state index contributed by atoms with van der Waals surface area (Å²) in [6.45, 7) is 11.5. The van der Waals surface area contributed by atoms with Crippen molar-refractivity contribution in [3.8, 4) is 0 Å². The molecule has 0 amide bonds. The van der Waals surface area contributed by atoms with Gasteiger partial charge in [0.05, 0.1) is 0 Å². The summed E-state index contributed by atoms with van der Waals surface area (Å²) in [6.07, 6.45) is 4.08. The molecular formula is C18H29N. The van der Waals surface area contributed by atoms with Gasteiger partial charge in [-0.05, 0) is 57.4 Å². The summed E-state index contributed by atoms with van der Waals surface area (Å²) in [5, 5.41) is 3.86. The lowest BCUT2D eigenvalue weighted by atomic mass is 9.79. The van der Waals surface area contributed by atoms with Crippen LogP contribution in [0.1, 0.15) is 62.8 Å². The standard InChI is InChI=1S/C18H29N/c1-12-6-7-18(15(4)9-12)19-16(5)17-10-13(2)8-14(3)11-17/h8,10-12,15-16,18-19H,6-7,9H2,1-5H3. The Hall–Kier alpha value is -0.820. The summed E-state index contributed by atoms with van der Waals surface area (Å²) in [5.41, 5.74) is 4.17. The first-order chi connectivity index (χ1) is 8.95. The van der Waals surface area contributed by atoms with Crippen molar-refractivity contribution in [2.45, 2.75) is 66.0 Å². The van der Waals surface area contributed by atoms with E-state index in [1.807, 2.05) is 0 Å². The van der Waals surface area contributed by atoms with Crippen molar-refractivity contribution in [1.82, 2.24) is 5.32 Å². The van der Waals surface area contributed by atoms with Gasteiger partial charge in [-0.1, -0.05) is 43.2 Å². The van der Waals surface area contributed by atoms with E-state index in [-0.39, 0.29) is 0 Å². The smallest absolute Gasteiger partial charge is 0.0294 e. The Kier molecular flexibility index (Phi) is 4.67. The molecule has 2 rings (SSSR count). The van der Waals surface area contributed by atoms with Gasteiger partial charge in [0, 0.05) is 12.1 Å². The van der Waals surface area contributed by atoms with Crippen LogP contribution in [0.5, 0.6) is 0 Å². The van der Waals surface area contributed by atoms with Crippen LogP contribution in [-0.2, 0) is 0 Å². The highest BCUT2D eigenvalue weighted by Crippen LogP contribution is 2.30. The first-order valence-electron chi connectivity index (χ1n) is 7.80. The molecule has 1 heteroatoms.